The lowest BCUT2D eigenvalue weighted by atomic mass is 10.2. The van der Waals surface area contributed by atoms with Crippen molar-refractivity contribution in [2.24, 2.45) is 9.98 Å². The van der Waals surface area contributed by atoms with Gasteiger partial charge in [-0.05, 0) is 122 Å². The van der Waals surface area contributed by atoms with Gasteiger partial charge >= 0.3 is 11.9 Å². The summed E-state index contributed by atoms with van der Waals surface area (Å²) in [6, 6.07) is 29.4. The zero-order valence-electron chi connectivity index (χ0n) is 26.1. The minimum atomic E-state index is -0.476. The molecular weight excluding hydrogens is 580 g/mol. The Kier molecular flexibility index (Phi) is 14.7. The normalized spacial score (nSPS) is 10.5. The molecule has 0 saturated carbocycles. The highest BCUT2D eigenvalue weighted by Gasteiger charge is 2.01. The first kappa shape index (κ1) is 34.7. The molecule has 4 aromatic carbocycles. The van der Waals surface area contributed by atoms with Crippen molar-refractivity contribution in [1.82, 2.24) is 0 Å². The quantitative estimate of drug-likeness (QED) is 0.0462. The number of benzene rings is 4. The van der Waals surface area contributed by atoms with Crippen molar-refractivity contribution >= 4 is 35.7 Å². The van der Waals surface area contributed by atoms with Gasteiger partial charge in [-0.1, -0.05) is 26.5 Å². The average molecular weight is 619 g/mol. The van der Waals surface area contributed by atoms with Crippen molar-refractivity contribution in [3.8, 4) is 23.0 Å². The first-order valence-corrected chi connectivity index (χ1v) is 14.8. The Balaban J connectivity index is 0.000000251. The van der Waals surface area contributed by atoms with Crippen molar-refractivity contribution in [2.75, 3.05) is 13.2 Å². The van der Waals surface area contributed by atoms with Crippen LogP contribution in [0.4, 0.5) is 11.4 Å². The largest absolute Gasteiger partial charge is 0.494 e. The number of hydrogen-bond acceptors (Lipinski definition) is 8. The standard InChI is InChI=1S/C20H21NO3.C18H17NO3/c1-3-5-14-23-18-12-8-17(9-13-18)21-15-16-6-10-19(11-7-16)24-20(22)4-2;1-3-18(20)22-17-9-5-14(6-10-17)13-19-15-7-11-16(12-8-15)21-4-2/h4,6-13,15H,2-3,5,14H2,1H3;3,5-13H,1,4H2,2H3. The number of unbranched alkanes of at least 4 members (excludes halogenated alkanes) is 1. The molecule has 0 atom stereocenters. The van der Waals surface area contributed by atoms with Gasteiger partial charge in [-0.3, -0.25) is 9.98 Å². The molecule has 0 bridgehead atoms. The number of aliphatic imine (C=N–C) groups is 2. The fourth-order valence-corrected chi connectivity index (χ4v) is 3.62. The molecule has 0 N–H and O–H groups in total. The highest BCUT2D eigenvalue weighted by molar-refractivity contribution is 5.85. The Labute approximate surface area is 270 Å². The van der Waals surface area contributed by atoms with E-state index in [0.29, 0.717) is 18.1 Å². The number of nitrogens with zero attached hydrogens (tertiary/aromatic N) is 2. The Morgan fingerprint density at radius 2 is 0.978 bits per heavy atom. The molecule has 0 aromatic heterocycles. The van der Waals surface area contributed by atoms with Crippen LogP contribution in [0.1, 0.15) is 37.8 Å². The molecule has 236 valence electrons. The number of carbonyl (C=O) groups is 2. The van der Waals surface area contributed by atoms with E-state index in [4.69, 9.17) is 18.9 Å². The molecule has 0 saturated heterocycles. The van der Waals surface area contributed by atoms with Crippen LogP contribution < -0.4 is 18.9 Å². The number of hydrogen-bond donors (Lipinski definition) is 0. The summed E-state index contributed by atoms with van der Waals surface area (Å²) in [5, 5.41) is 0. The molecule has 0 spiro atoms. The van der Waals surface area contributed by atoms with Gasteiger partial charge < -0.3 is 18.9 Å². The minimum absolute atomic E-state index is 0.474. The van der Waals surface area contributed by atoms with Crippen molar-refractivity contribution in [3.63, 3.8) is 0 Å². The summed E-state index contributed by atoms with van der Waals surface area (Å²) in [5.41, 5.74) is 3.51. The molecular formula is C38H38N2O6. The molecule has 46 heavy (non-hydrogen) atoms. The van der Waals surface area contributed by atoms with Crippen molar-refractivity contribution in [2.45, 2.75) is 26.7 Å². The molecule has 8 heteroatoms. The lowest BCUT2D eigenvalue weighted by Gasteiger charge is -2.04. The van der Waals surface area contributed by atoms with Gasteiger partial charge in [0.25, 0.3) is 0 Å². The van der Waals surface area contributed by atoms with E-state index in [1.54, 1.807) is 36.7 Å². The number of ether oxygens (including phenoxy) is 4. The fraction of sp³-hybridized carbons (Fsp3) is 0.158. The second-order valence-electron chi connectivity index (χ2n) is 9.53. The van der Waals surface area contributed by atoms with E-state index in [9.17, 15) is 9.59 Å². The highest BCUT2D eigenvalue weighted by Crippen LogP contribution is 2.20. The molecule has 0 radical (unpaired) electrons. The van der Waals surface area contributed by atoms with Crippen molar-refractivity contribution < 1.29 is 28.5 Å². The molecule has 0 aliphatic carbocycles. The molecule has 0 aliphatic heterocycles. The van der Waals surface area contributed by atoms with E-state index >= 15 is 0 Å². The summed E-state index contributed by atoms with van der Waals surface area (Å²) in [5.74, 6) is 1.69. The molecule has 0 fully saturated rings. The first-order valence-electron chi connectivity index (χ1n) is 14.8. The zero-order chi connectivity index (χ0) is 33.0. The van der Waals surface area contributed by atoms with Crippen LogP contribution >= 0.6 is 0 Å². The Morgan fingerprint density at radius 3 is 1.35 bits per heavy atom. The van der Waals surface area contributed by atoms with Gasteiger partial charge in [-0.25, -0.2) is 9.59 Å². The molecule has 0 aliphatic rings. The smallest absolute Gasteiger partial charge is 0.335 e. The van der Waals surface area contributed by atoms with Crippen molar-refractivity contribution in [3.05, 3.63) is 133 Å². The summed E-state index contributed by atoms with van der Waals surface area (Å²) < 4.78 is 21.0. The van der Waals surface area contributed by atoms with E-state index in [2.05, 4.69) is 30.1 Å². The zero-order valence-corrected chi connectivity index (χ0v) is 26.1. The van der Waals surface area contributed by atoms with Gasteiger partial charge in [0, 0.05) is 24.6 Å². The highest BCUT2D eigenvalue weighted by atomic mass is 16.5. The maximum absolute atomic E-state index is 11.1. The third kappa shape index (κ3) is 12.9. The van der Waals surface area contributed by atoms with Gasteiger partial charge in [0.2, 0.25) is 0 Å². The van der Waals surface area contributed by atoms with Crippen LogP contribution in [0.15, 0.2) is 132 Å². The van der Waals surface area contributed by atoms with E-state index in [-0.39, 0.29) is 0 Å². The lowest BCUT2D eigenvalue weighted by Crippen LogP contribution is -2.02. The summed E-state index contributed by atoms with van der Waals surface area (Å²) >= 11 is 0. The maximum Gasteiger partial charge on any atom is 0.335 e. The topological polar surface area (TPSA) is 95.8 Å². The van der Waals surface area contributed by atoms with Crippen LogP contribution in [0, 0.1) is 0 Å². The molecule has 0 heterocycles. The lowest BCUT2D eigenvalue weighted by molar-refractivity contribution is -0.129. The van der Waals surface area contributed by atoms with Crippen LogP contribution in [0.3, 0.4) is 0 Å². The van der Waals surface area contributed by atoms with E-state index in [1.165, 1.54) is 0 Å². The van der Waals surface area contributed by atoms with Gasteiger partial charge in [0.15, 0.2) is 0 Å². The van der Waals surface area contributed by atoms with Gasteiger partial charge in [0.05, 0.1) is 24.6 Å². The molecule has 0 unspecified atom stereocenters. The predicted molar refractivity (Wildman–Crippen MR) is 184 cm³/mol. The van der Waals surface area contributed by atoms with Gasteiger partial charge in [-0.2, -0.15) is 0 Å². The van der Waals surface area contributed by atoms with Gasteiger partial charge in [0.1, 0.15) is 23.0 Å². The molecule has 0 amide bonds. The van der Waals surface area contributed by atoms with Crippen molar-refractivity contribution in [1.29, 1.82) is 0 Å². The second-order valence-corrected chi connectivity index (χ2v) is 9.53. The van der Waals surface area contributed by atoms with E-state index in [0.717, 1.165) is 65.6 Å². The summed E-state index contributed by atoms with van der Waals surface area (Å²) in [7, 11) is 0. The Hall–Kier alpha value is -5.76. The number of carbonyl (C=O) groups excluding carboxylic acids is 2. The molecule has 8 nitrogen and oxygen atoms in total. The summed E-state index contributed by atoms with van der Waals surface area (Å²) in [6.45, 7) is 12.2. The van der Waals surface area contributed by atoms with Crippen LogP contribution in [-0.4, -0.2) is 37.6 Å². The SMILES string of the molecule is C=CC(=O)Oc1ccc(C=Nc2ccc(OCC)cc2)cc1.C=CC(=O)Oc1ccc(C=Nc2ccc(OCCCC)cc2)cc1. The average Bonchev–Trinajstić information content (AvgIpc) is 3.09. The Bertz CT molecular complexity index is 1590. The third-order valence-electron chi connectivity index (χ3n) is 6.01. The minimum Gasteiger partial charge on any atom is -0.494 e. The predicted octanol–water partition coefficient (Wildman–Crippen LogP) is 8.63. The van der Waals surface area contributed by atoms with Crippen LogP contribution in [0.2, 0.25) is 0 Å². The molecule has 4 aromatic rings. The Morgan fingerprint density at radius 1 is 0.587 bits per heavy atom. The summed E-state index contributed by atoms with van der Waals surface area (Å²) in [6.07, 6.45) is 7.93. The number of esters is 2. The monoisotopic (exact) mass is 618 g/mol. The van der Waals surface area contributed by atoms with Crippen LogP contribution in [0.5, 0.6) is 23.0 Å². The number of rotatable bonds is 14. The van der Waals surface area contributed by atoms with E-state index < -0.39 is 11.9 Å². The first-order chi connectivity index (χ1) is 22.4. The third-order valence-corrected chi connectivity index (χ3v) is 6.01. The van der Waals surface area contributed by atoms with E-state index in [1.807, 2.05) is 79.7 Å². The van der Waals surface area contributed by atoms with Crippen LogP contribution in [0.25, 0.3) is 0 Å². The maximum atomic E-state index is 11.1. The second kappa shape index (κ2) is 19.5. The molecule has 4 rings (SSSR count). The van der Waals surface area contributed by atoms with Gasteiger partial charge in [-0.15, -0.1) is 0 Å². The summed E-state index contributed by atoms with van der Waals surface area (Å²) in [4.78, 5) is 31.0. The fourth-order valence-electron chi connectivity index (χ4n) is 3.62. The van der Waals surface area contributed by atoms with Crippen LogP contribution in [-0.2, 0) is 9.59 Å².